The first-order valence-electron chi connectivity index (χ1n) is 6.05. The summed E-state index contributed by atoms with van der Waals surface area (Å²) in [7, 11) is 0. The highest BCUT2D eigenvalue weighted by Gasteiger charge is 2.06. The van der Waals surface area contributed by atoms with Crippen LogP contribution in [0.25, 0.3) is 11.1 Å². The van der Waals surface area contributed by atoms with Crippen LogP contribution in [0.3, 0.4) is 0 Å². The highest BCUT2D eigenvalue weighted by Crippen LogP contribution is 2.20. The lowest BCUT2D eigenvalue weighted by Gasteiger charge is -2.06. The molecule has 0 aromatic heterocycles. The van der Waals surface area contributed by atoms with E-state index in [4.69, 9.17) is 5.73 Å². The summed E-state index contributed by atoms with van der Waals surface area (Å²) in [5.74, 6) is -0.435. The van der Waals surface area contributed by atoms with Gasteiger partial charge in [-0.2, -0.15) is 0 Å². The Balaban J connectivity index is 2.24. The molecule has 2 aromatic rings. The molecule has 0 aliphatic carbocycles. The highest BCUT2D eigenvalue weighted by molar-refractivity contribution is 5.95. The molecule has 0 atom stereocenters. The summed E-state index contributed by atoms with van der Waals surface area (Å²) in [6.45, 7) is 0.850. The summed E-state index contributed by atoms with van der Waals surface area (Å²) < 4.78 is 12.9. The fraction of sp³-hybridized carbons (Fsp3) is 0.133. The maximum absolute atomic E-state index is 12.9. The molecule has 2 aromatic carbocycles. The van der Waals surface area contributed by atoms with Crippen molar-refractivity contribution in [1.82, 2.24) is 5.32 Å². The van der Waals surface area contributed by atoms with Crippen molar-refractivity contribution in [3.63, 3.8) is 0 Å². The predicted molar refractivity (Wildman–Crippen MR) is 73.2 cm³/mol. The van der Waals surface area contributed by atoms with Gasteiger partial charge in [0, 0.05) is 18.7 Å². The van der Waals surface area contributed by atoms with E-state index in [2.05, 4.69) is 5.32 Å². The van der Waals surface area contributed by atoms with Crippen LogP contribution in [-0.4, -0.2) is 19.0 Å². The minimum Gasteiger partial charge on any atom is -0.351 e. The van der Waals surface area contributed by atoms with Crippen LogP contribution in [-0.2, 0) is 0 Å². The average Bonchev–Trinajstić information content (AvgIpc) is 2.45. The lowest BCUT2D eigenvalue weighted by molar-refractivity contribution is 0.0955. The number of carbonyl (C=O) groups is 1. The van der Waals surface area contributed by atoms with Crippen LogP contribution < -0.4 is 11.1 Å². The number of hydrogen-bond donors (Lipinski definition) is 2. The first-order chi connectivity index (χ1) is 9.20. The van der Waals surface area contributed by atoms with E-state index in [-0.39, 0.29) is 11.7 Å². The van der Waals surface area contributed by atoms with Crippen LogP contribution in [0, 0.1) is 5.82 Å². The third-order valence-corrected chi connectivity index (χ3v) is 2.73. The molecule has 0 radical (unpaired) electrons. The fourth-order valence-electron chi connectivity index (χ4n) is 1.77. The second-order valence-electron chi connectivity index (χ2n) is 4.13. The SMILES string of the molecule is NCCNC(=O)c1cccc(-c2ccc(F)cc2)c1. The minimum absolute atomic E-state index is 0.158. The van der Waals surface area contributed by atoms with Crippen molar-refractivity contribution in [3.05, 3.63) is 59.9 Å². The highest BCUT2D eigenvalue weighted by atomic mass is 19.1. The van der Waals surface area contributed by atoms with Crippen molar-refractivity contribution in [2.24, 2.45) is 5.73 Å². The van der Waals surface area contributed by atoms with E-state index in [1.165, 1.54) is 12.1 Å². The topological polar surface area (TPSA) is 55.1 Å². The molecule has 0 aliphatic rings. The van der Waals surface area contributed by atoms with E-state index in [0.29, 0.717) is 18.7 Å². The number of halogens is 1. The van der Waals surface area contributed by atoms with Crippen LogP contribution in [0.15, 0.2) is 48.5 Å². The molecule has 2 rings (SSSR count). The van der Waals surface area contributed by atoms with Crippen LogP contribution in [0.1, 0.15) is 10.4 Å². The van der Waals surface area contributed by atoms with Crippen molar-refractivity contribution in [3.8, 4) is 11.1 Å². The number of nitrogens with two attached hydrogens (primary N) is 1. The van der Waals surface area contributed by atoms with Gasteiger partial charge in [-0.3, -0.25) is 4.79 Å². The lowest BCUT2D eigenvalue weighted by atomic mass is 10.0. The maximum Gasteiger partial charge on any atom is 0.251 e. The van der Waals surface area contributed by atoms with Gasteiger partial charge in [-0.1, -0.05) is 24.3 Å². The Hall–Kier alpha value is -2.20. The molecule has 3 N–H and O–H groups in total. The van der Waals surface area contributed by atoms with E-state index < -0.39 is 0 Å². The molecule has 0 unspecified atom stereocenters. The summed E-state index contributed by atoms with van der Waals surface area (Å²) >= 11 is 0. The quantitative estimate of drug-likeness (QED) is 0.883. The molecule has 0 fully saturated rings. The smallest absolute Gasteiger partial charge is 0.251 e. The molecule has 0 saturated heterocycles. The number of carbonyl (C=O) groups excluding carboxylic acids is 1. The molecular formula is C15H15FN2O. The molecular weight excluding hydrogens is 243 g/mol. The van der Waals surface area contributed by atoms with Gasteiger partial charge in [0.1, 0.15) is 5.82 Å². The van der Waals surface area contributed by atoms with Gasteiger partial charge in [-0.25, -0.2) is 4.39 Å². The summed E-state index contributed by atoms with van der Waals surface area (Å²) in [6, 6.07) is 13.4. The summed E-state index contributed by atoms with van der Waals surface area (Å²) in [5, 5.41) is 2.71. The molecule has 0 saturated carbocycles. The van der Waals surface area contributed by atoms with Crippen LogP contribution in [0.2, 0.25) is 0 Å². The van der Waals surface area contributed by atoms with E-state index in [1.54, 1.807) is 30.3 Å². The van der Waals surface area contributed by atoms with Crippen LogP contribution >= 0.6 is 0 Å². The second kappa shape index (κ2) is 6.11. The van der Waals surface area contributed by atoms with Crippen molar-refractivity contribution < 1.29 is 9.18 Å². The Bertz CT molecular complexity index is 567. The average molecular weight is 258 g/mol. The van der Waals surface area contributed by atoms with E-state index in [9.17, 15) is 9.18 Å². The second-order valence-corrected chi connectivity index (χ2v) is 4.13. The van der Waals surface area contributed by atoms with Crippen LogP contribution in [0.5, 0.6) is 0 Å². The summed E-state index contributed by atoms with van der Waals surface area (Å²) in [5.41, 5.74) is 7.65. The molecule has 0 bridgehead atoms. The Labute approximate surface area is 111 Å². The first kappa shape index (κ1) is 13.2. The number of amides is 1. The van der Waals surface area contributed by atoms with E-state index >= 15 is 0 Å². The van der Waals surface area contributed by atoms with Gasteiger partial charge in [-0.05, 0) is 35.4 Å². The first-order valence-corrected chi connectivity index (χ1v) is 6.05. The largest absolute Gasteiger partial charge is 0.351 e. The third kappa shape index (κ3) is 3.39. The van der Waals surface area contributed by atoms with Crippen molar-refractivity contribution in [2.45, 2.75) is 0 Å². The number of rotatable bonds is 4. The van der Waals surface area contributed by atoms with Gasteiger partial charge < -0.3 is 11.1 Å². The van der Waals surface area contributed by atoms with Gasteiger partial charge >= 0.3 is 0 Å². The summed E-state index contributed by atoms with van der Waals surface area (Å²) in [4.78, 5) is 11.8. The fourth-order valence-corrected chi connectivity index (χ4v) is 1.77. The number of hydrogen-bond acceptors (Lipinski definition) is 2. The summed E-state index contributed by atoms with van der Waals surface area (Å²) in [6.07, 6.45) is 0. The molecule has 0 spiro atoms. The van der Waals surface area contributed by atoms with Gasteiger partial charge in [0.05, 0.1) is 0 Å². The molecule has 1 amide bonds. The monoisotopic (exact) mass is 258 g/mol. The lowest BCUT2D eigenvalue weighted by Crippen LogP contribution is -2.28. The number of nitrogens with one attached hydrogen (secondary N) is 1. The van der Waals surface area contributed by atoms with E-state index in [1.807, 2.05) is 6.07 Å². The van der Waals surface area contributed by atoms with Gasteiger partial charge in [0.25, 0.3) is 5.91 Å². The molecule has 98 valence electrons. The zero-order valence-electron chi connectivity index (χ0n) is 10.4. The number of benzene rings is 2. The molecule has 0 aliphatic heterocycles. The maximum atomic E-state index is 12.9. The Morgan fingerprint density at radius 2 is 1.84 bits per heavy atom. The van der Waals surface area contributed by atoms with Gasteiger partial charge in [0.15, 0.2) is 0 Å². The third-order valence-electron chi connectivity index (χ3n) is 2.73. The normalized spacial score (nSPS) is 10.2. The minimum atomic E-state index is -0.277. The zero-order valence-corrected chi connectivity index (χ0v) is 10.4. The van der Waals surface area contributed by atoms with Crippen molar-refractivity contribution in [1.29, 1.82) is 0 Å². The Kier molecular flexibility index (Phi) is 4.26. The van der Waals surface area contributed by atoms with Crippen molar-refractivity contribution >= 4 is 5.91 Å². The molecule has 4 heteroatoms. The molecule has 3 nitrogen and oxygen atoms in total. The Morgan fingerprint density at radius 3 is 2.53 bits per heavy atom. The van der Waals surface area contributed by atoms with E-state index in [0.717, 1.165) is 11.1 Å². The Morgan fingerprint density at radius 1 is 1.11 bits per heavy atom. The standard InChI is InChI=1S/C15H15FN2O/c16-14-6-4-11(5-7-14)12-2-1-3-13(10-12)15(19)18-9-8-17/h1-7,10H,8-9,17H2,(H,18,19). The van der Waals surface area contributed by atoms with Gasteiger partial charge in [-0.15, -0.1) is 0 Å². The van der Waals surface area contributed by atoms with Crippen molar-refractivity contribution in [2.75, 3.05) is 13.1 Å². The molecule has 19 heavy (non-hydrogen) atoms. The zero-order chi connectivity index (χ0) is 13.7. The predicted octanol–water partition coefficient (Wildman–Crippen LogP) is 2.18. The van der Waals surface area contributed by atoms with Crippen LogP contribution in [0.4, 0.5) is 4.39 Å². The molecule has 0 heterocycles. The van der Waals surface area contributed by atoms with Gasteiger partial charge in [0.2, 0.25) is 0 Å².